The van der Waals surface area contributed by atoms with Crippen molar-refractivity contribution in [2.45, 2.75) is 70.3 Å². The van der Waals surface area contributed by atoms with Gasteiger partial charge < -0.3 is 14.6 Å². The van der Waals surface area contributed by atoms with E-state index >= 15 is 0 Å². The van der Waals surface area contributed by atoms with E-state index in [4.69, 9.17) is 4.74 Å². The quantitative estimate of drug-likeness (QED) is 0.732. The average Bonchev–Trinajstić information content (AvgIpc) is 3.06. The molecule has 4 atom stereocenters. The Morgan fingerprint density at radius 1 is 1.08 bits per heavy atom. The molecule has 2 fully saturated rings. The fraction of sp³-hybridized carbons (Fsp3) is 0.882. The van der Waals surface area contributed by atoms with Gasteiger partial charge in [0.05, 0.1) is 6.42 Å². The number of hydrogen-bond donors (Lipinski definition) is 1. The highest BCUT2D eigenvalue weighted by atomic mass is 19.4. The van der Waals surface area contributed by atoms with Crippen LogP contribution in [0.2, 0.25) is 0 Å². The van der Waals surface area contributed by atoms with Gasteiger partial charge in [-0.1, -0.05) is 6.42 Å². The molecule has 5 nitrogen and oxygen atoms in total. The summed E-state index contributed by atoms with van der Waals surface area (Å²) in [4.78, 5) is 23.4. The van der Waals surface area contributed by atoms with E-state index < -0.39 is 42.3 Å². The van der Waals surface area contributed by atoms with Crippen LogP contribution >= 0.6 is 0 Å². The number of hydrogen-bond acceptors (Lipinski definition) is 5. The molecule has 8 heteroatoms. The van der Waals surface area contributed by atoms with Crippen LogP contribution in [0.15, 0.2) is 0 Å². The van der Waals surface area contributed by atoms with Crippen molar-refractivity contribution in [1.29, 1.82) is 0 Å². The van der Waals surface area contributed by atoms with E-state index in [1.165, 1.54) is 6.42 Å². The molecule has 2 rings (SSSR count). The van der Waals surface area contributed by atoms with Gasteiger partial charge in [-0.3, -0.25) is 4.79 Å². The molecule has 2 aliphatic carbocycles. The van der Waals surface area contributed by atoms with Crippen molar-refractivity contribution in [2.24, 2.45) is 17.8 Å². The van der Waals surface area contributed by atoms with Gasteiger partial charge in [0.15, 0.2) is 12.2 Å². The smallest absolute Gasteiger partial charge is 0.417 e. The van der Waals surface area contributed by atoms with Crippen molar-refractivity contribution in [3.63, 3.8) is 0 Å². The van der Waals surface area contributed by atoms with Crippen LogP contribution in [0.5, 0.6) is 0 Å². The van der Waals surface area contributed by atoms with Gasteiger partial charge in [0.1, 0.15) is 5.60 Å². The molecule has 0 spiro atoms. The lowest BCUT2D eigenvalue weighted by atomic mass is 9.78. The van der Waals surface area contributed by atoms with Crippen molar-refractivity contribution < 1.29 is 37.3 Å². The highest BCUT2D eigenvalue weighted by molar-refractivity contribution is 5.77. The predicted molar refractivity (Wildman–Crippen MR) is 81.4 cm³/mol. The molecule has 0 heterocycles. The third-order valence-electron chi connectivity index (χ3n) is 5.46. The summed E-state index contributed by atoms with van der Waals surface area (Å²) < 4.78 is 47.5. The minimum Gasteiger partial charge on any atom is -0.457 e. The fourth-order valence-corrected chi connectivity index (χ4v) is 4.07. The molecule has 1 N–H and O–H groups in total. The van der Waals surface area contributed by atoms with E-state index in [0.29, 0.717) is 18.8 Å². The Bertz CT molecular complexity index is 527. The van der Waals surface area contributed by atoms with E-state index in [2.05, 4.69) is 4.74 Å². The fourth-order valence-electron chi connectivity index (χ4n) is 4.07. The summed E-state index contributed by atoms with van der Waals surface area (Å²) in [6.07, 6.45) is -1.76. The van der Waals surface area contributed by atoms with E-state index in [1.807, 2.05) is 13.8 Å². The zero-order chi connectivity index (χ0) is 19.0. The summed E-state index contributed by atoms with van der Waals surface area (Å²) in [7, 11) is 0. The zero-order valence-corrected chi connectivity index (χ0v) is 14.7. The number of esters is 2. The summed E-state index contributed by atoms with van der Waals surface area (Å²) in [5, 5.41) is 9.24. The summed E-state index contributed by atoms with van der Waals surface area (Å²) in [6, 6.07) is 0. The summed E-state index contributed by atoms with van der Waals surface area (Å²) in [6.45, 7) is 3.33. The number of rotatable bonds is 6. The van der Waals surface area contributed by atoms with Crippen LogP contribution in [-0.4, -0.2) is 41.0 Å². The van der Waals surface area contributed by atoms with Crippen molar-refractivity contribution in [3.05, 3.63) is 0 Å². The number of alkyl halides is 3. The van der Waals surface area contributed by atoms with Crippen LogP contribution in [0, 0.1) is 17.8 Å². The molecule has 0 aliphatic heterocycles. The maximum absolute atomic E-state index is 12.5. The zero-order valence-electron chi connectivity index (χ0n) is 14.7. The molecule has 0 radical (unpaired) electrons. The van der Waals surface area contributed by atoms with Crippen LogP contribution in [0.1, 0.15) is 52.9 Å². The lowest BCUT2D eigenvalue weighted by Gasteiger charge is -2.36. The van der Waals surface area contributed by atoms with Gasteiger partial charge in [-0.2, -0.15) is 13.2 Å². The highest BCUT2D eigenvalue weighted by Gasteiger charge is 2.51. The Morgan fingerprint density at radius 2 is 1.72 bits per heavy atom. The molecule has 0 aromatic carbocycles. The van der Waals surface area contributed by atoms with Crippen LogP contribution in [0.4, 0.5) is 13.2 Å². The molecular weight excluding hydrogens is 341 g/mol. The molecular formula is C17H25F3O5. The third kappa shape index (κ3) is 4.65. The number of halogens is 3. The average molecular weight is 366 g/mol. The number of ether oxygens (including phenoxy) is 2. The highest BCUT2D eigenvalue weighted by Crippen LogP contribution is 2.52. The van der Waals surface area contributed by atoms with E-state index in [9.17, 15) is 27.9 Å². The van der Waals surface area contributed by atoms with Crippen molar-refractivity contribution in [2.75, 3.05) is 6.61 Å². The molecule has 144 valence electrons. The number of aliphatic hydroxyl groups is 1. The second-order valence-electron chi connectivity index (χ2n) is 7.97. The van der Waals surface area contributed by atoms with Gasteiger partial charge in [0.25, 0.3) is 0 Å². The second-order valence-corrected chi connectivity index (χ2v) is 7.97. The van der Waals surface area contributed by atoms with Gasteiger partial charge >= 0.3 is 18.1 Å². The van der Waals surface area contributed by atoms with Crippen molar-refractivity contribution in [3.8, 4) is 0 Å². The lowest BCUT2D eigenvalue weighted by molar-refractivity contribution is -0.255. The Morgan fingerprint density at radius 3 is 2.20 bits per heavy atom. The van der Waals surface area contributed by atoms with Crippen molar-refractivity contribution >= 4 is 11.9 Å². The van der Waals surface area contributed by atoms with E-state index in [1.54, 1.807) is 0 Å². The molecule has 4 unspecified atom stereocenters. The number of carbonyl (C=O) groups is 2. The first kappa shape index (κ1) is 20.0. The molecule has 0 aromatic heterocycles. The number of carbonyl (C=O) groups excluding carboxylic acids is 2. The van der Waals surface area contributed by atoms with Gasteiger partial charge in [-0.15, -0.1) is 0 Å². The molecule has 2 aliphatic rings. The lowest BCUT2D eigenvalue weighted by Crippen LogP contribution is -2.44. The first-order valence-corrected chi connectivity index (χ1v) is 8.48. The maximum atomic E-state index is 12.5. The van der Waals surface area contributed by atoms with Crippen molar-refractivity contribution in [1.82, 2.24) is 0 Å². The Hall–Kier alpha value is -1.31. The first-order valence-electron chi connectivity index (χ1n) is 8.48. The predicted octanol–water partition coefficient (Wildman–Crippen LogP) is 2.99. The van der Waals surface area contributed by atoms with Crippen LogP contribution in [-0.2, 0) is 19.1 Å². The maximum Gasteiger partial charge on any atom is 0.417 e. The summed E-state index contributed by atoms with van der Waals surface area (Å²) >= 11 is 0. The van der Waals surface area contributed by atoms with Crippen LogP contribution in [0.3, 0.4) is 0 Å². The Balaban J connectivity index is 1.79. The standard InChI is InChI=1S/C17H25F3O5/c1-15(2,12-7-10-4-5-11(12)6-10)25-14(22)9-24-13(21)8-16(3,23)17(18,19)20/h10-12,23H,4-9H2,1-3H3. The minimum atomic E-state index is -4.96. The van der Waals surface area contributed by atoms with Crippen LogP contribution in [0.25, 0.3) is 0 Å². The molecule has 2 bridgehead atoms. The van der Waals surface area contributed by atoms with Gasteiger partial charge in [-0.05, 0) is 51.9 Å². The normalized spacial score (nSPS) is 28.5. The molecule has 0 saturated heterocycles. The minimum absolute atomic E-state index is 0.247. The number of fused-ring (bicyclic) bond motifs is 2. The topological polar surface area (TPSA) is 72.8 Å². The first-order chi connectivity index (χ1) is 11.3. The summed E-state index contributed by atoms with van der Waals surface area (Å²) in [5.41, 5.74) is -3.91. The molecule has 0 amide bonds. The largest absolute Gasteiger partial charge is 0.457 e. The van der Waals surface area contributed by atoms with Gasteiger partial charge in [0.2, 0.25) is 0 Å². The third-order valence-corrected chi connectivity index (χ3v) is 5.46. The van der Waals surface area contributed by atoms with E-state index in [-0.39, 0.29) is 5.92 Å². The summed E-state index contributed by atoms with van der Waals surface area (Å²) in [5.74, 6) is -0.658. The Kier molecular flexibility index (Phi) is 5.42. The molecule has 25 heavy (non-hydrogen) atoms. The molecule has 2 saturated carbocycles. The van der Waals surface area contributed by atoms with E-state index in [0.717, 1.165) is 19.3 Å². The van der Waals surface area contributed by atoms with Gasteiger partial charge in [-0.25, -0.2) is 4.79 Å². The van der Waals surface area contributed by atoms with Gasteiger partial charge in [0, 0.05) is 5.92 Å². The Labute approximate surface area is 144 Å². The molecule has 0 aromatic rings. The van der Waals surface area contributed by atoms with Crippen LogP contribution < -0.4 is 0 Å². The SMILES string of the molecule is CC(C)(OC(=O)COC(=O)CC(C)(O)C(F)(F)F)C1CC2CCC1C2. The monoisotopic (exact) mass is 366 g/mol. The second kappa shape index (κ2) is 6.78.